The molecule has 1 aliphatic rings. The van der Waals surface area contributed by atoms with Gasteiger partial charge in [0.2, 0.25) is 5.95 Å². The molecule has 0 spiro atoms. The molecule has 1 unspecified atom stereocenters. The Hall–Kier alpha value is -0.770. The molecule has 1 saturated carbocycles. The number of hydrogen-bond donors (Lipinski definition) is 0. The van der Waals surface area contributed by atoms with Crippen LogP contribution in [0.5, 0.6) is 0 Å². The smallest absolute Gasteiger partial charge is 0.227 e. The molecule has 0 bridgehead atoms. The molecule has 0 amide bonds. The summed E-state index contributed by atoms with van der Waals surface area (Å²) in [4.78, 5) is 3.53. The van der Waals surface area contributed by atoms with E-state index in [0.717, 1.165) is 0 Å². The van der Waals surface area contributed by atoms with Crippen molar-refractivity contribution in [3.05, 3.63) is 28.8 Å². The van der Waals surface area contributed by atoms with Crippen LogP contribution in [-0.2, 0) is 0 Å². The van der Waals surface area contributed by atoms with E-state index in [4.69, 9.17) is 11.6 Å². The van der Waals surface area contributed by atoms with Gasteiger partial charge in [-0.2, -0.15) is 4.39 Å². The monoisotopic (exact) mass is 263 g/mol. The zero-order chi connectivity index (χ0) is 12.6. The average molecular weight is 264 g/mol. The molecule has 0 aromatic carbocycles. The van der Waals surface area contributed by atoms with Gasteiger partial charge in [-0.05, 0) is 24.8 Å². The fourth-order valence-electron chi connectivity index (χ4n) is 2.34. The summed E-state index contributed by atoms with van der Waals surface area (Å²) in [5.74, 6) is -4.19. The van der Waals surface area contributed by atoms with Crippen molar-refractivity contribution in [3.63, 3.8) is 0 Å². The molecule has 1 aromatic heterocycles. The number of aromatic nitrogens is 1. The highest BCUT2D eigenvalue weighted by Crippen LogP contribution is 2.45. The Morgan fingerprint density at radius 1 is 1.47 bits per heavy atom. The second-order valence-corrected chi connectivity index (χ2v) is 5.10. The van der Waals surface area contributed by atoms with Gasteiger partial charge in [0.05, 0.1) is 5.02 Å². The van der Waals surface area contributed by atoms with Crippen LogP contribution in [-0.4, -0.2) is 10.9 Å². The van der Waals surface area contributed by atoms with Gasteiger partial charge in [0.1, 0.15) is 0 Å². The van der Waals surface area contributed by atoms with E-state index in [1.165, 1.54) is 19.2 Å². The molecular formula is C12H13ClF3N. The fourth-order valence-corrected chi connectivity index (χ4v) is 2.50. The van der Waals surface area contributed by atoms with Crippen molar-refractivity contribution < 1.29 is 13.2 Å². The molecule has 0 N–H and O–H groups in total. The van der Waals surface area contributed by atoms with E-state index < -0.39 is 17.8 Å². The zero-order valence-electron chi connectivity index (χ0n) is 9.39. The van der Waals surface area contributed by atoms with Crippen molar-refractivity contribution in [2.24, 2.45) is 5.92 Å². The van der Waals surface area contributed by atoms with E-state index in [1.54, 1.807) is 0 Å². The van der Waals surface area contributed by atoms with Crippen molar-refractivity contribution in [1.82, 2.24) is 4.98 Å². The van der Waals surface area contributed by atoms with Gasteiger partial charge in [0, 0.05) is 24.1 Å². The first-order valence-electron chi connectivity index (χ1n) is 5.59. The molecule has 5 heteroatoms. The lowest BCUT2D eigenvalue weighted by atomic mass is 9.77. The van der Waals surface area contributed by atoms with Crippen LogP contribution in [0.2, 0.25) is 5.02 Å². The highest BCUT2D eigenvalue weighted by Gasteiger charge is 2.42. The first-order valence-corrected chi connectivity index (χ1v) is 5.96. The maximum absolute atomic E-state index is 13.5. The predicted octanol–water partition coefficient (Wildman–Crippen LogP) is 4.41. The zero-order valence-corrected chi connectivity index (χ0v) is 10.1. The molecule has 1 aromatic rings. The number of rotatable bonds is 1. The topological polar surface area (TPSA) is 12.9 Å². The highest BCUT2D eigenvalue weighted by molar-refractivity contribution is 6.30. The maximum atomic E-state index is 13.5. The van der Waals surface area contributed by atoms with Crippen molar-refractivity contribution in [1.29, 1.82) is 0 Å². The van der Waals surface area contributed by atoms with Crippen molar-refractivity contribution in [3.8, 4) is 0 Å². The summed E-state index contributed by atoms with van der Waals surface area (Å²) in [6.07, 6.45) is 1.56. The Balaban J connectivity index is 2.22. The van der Waals surface area contributed by atoms with Crippen LogP contribution < -0.4 is 0 Å². The summed E-state index contributed by atoms with van der Waals surface area (Å²) in [6.45, 7) is 1.50. The Morgan fingerprint density at radius 2 is 2.18 bits per heavy atom. The van der Waals surface area contributed by atoms with Gasteiger partial charge in [-0.25, -0.2) is 13.8 Å². The van der Waals surface area contributed by atoms with Gasteiger partial charge in [-0.15, -0.1) is 0 Å². The van der Waals surface area contributed by atoms with E-state index in [0.29, 0.717) is 10.6 Å². The number of hydrogen-bond acceptors (Lipinski definition) is 1. The highest BCUT2D eigenvalue weighted by atomic mass is 35.5. The summed E-state index contributed by atoms with van der Waals surface area (Å²) in [5, 5.41) is 0.339. The van der Waals surface area contributed by atoms with E-state index in [1.807, 2.05) is 0 Å². The van der Waals surface area contributed by atoms with Crippen LogP contribution >= 0.6 is 11.6 Å². The van der Waals surface area contributed by atoms with Crippen molar-refractivity contribution in [2.75, 3.05) is 0 Å². The lowest BCUT2D eigenvalue weighted by Crippen LogP contribution is -2.32. The minimum Gasteiger partial charge on any atom is -0.227 e. The minimum absolute atomic E-state index is 0.204. The summed E-state index contributed by atoms with van der Waals surface area (Å²) < 4.78 is 40.2. The fraction of sp³-hybridized carbons (Fsp3) is 0.583. The summed E-state index contributed by atoms with van der Waals surface area (Å²) in [6, 6.07) is 1.49. The first-order chi connectivity index (χ1) is 7.90. The number of alkyl halides is 2. The molecule has 0 aliphatic heterocycles. The summed E-state index contributed by atoms with van der Waals surface area (Å²) >= 11 is 5.75. The third-order valence-electron chi connectivity index (χ3n) is 3.46. The third kappa shape index (κ3) is 2.57. The van der Waals surface area contributed by atoms with Crippen LogP contribution in [0.1, 0.15) is 37.7 Å². The molecule has 0 saturated heterocycles. The quantitative estimate of drug-likeness (QED) is 0.684. The molecule has 94 valence electrons. The van der Waals surface area contributed by atoms with Crippen LogP contribution in [0.3, 0.4) is 0 Å². The second kappa shape index (κ2) is 4.48. The van der Waals surface area contributed by atoms with Crippen LogP contribution in [0.4, 0.5) is 13.2 Å². The van der Waals surface area contributed by atoms with E-state index >= 15 is 0 Å². The lowest BCUT2D eigenvalue weighted by molar-refractivity contribution is -0.0832. The van der Waals surface area contributed by atoms with Gasteiger partial charge >= 0.3 is 0 Å². The third-order valence-corrected chi connectivity index (χ3v) is 3.66. The van der Waals surface area contributed by atoms with Crippen LogP contribution in [0.15, 0.2) is 12.3 Å². The Bertz CT molecular complexity index is 422. The molecule has 1 nitrogen and oxygen atoms in total. The van der Waals surface area contributed by atoms with Gasteiger partial charge in [0.15, 0.2) is 0 Å². The van der Waals surface area contributed by atoms with Gasteiger partial charge in [0.25, 0.3) is 5.92 Å². The number of halogens is 4. The normalized spacial score (nSPS) is 28.1. The average Bonchev–Trinajstić information content (AvgIpc) is 2.26. The molecule has 2 rings (SSSR count). The number of nitrogens with zero attached hydrogens (tertiary/aromatic N) is 1. The van der Waals surface area contributed by atoms with E-state index in [2.05, 4.69) is 4.98 Å². The second-order valence-electron chi connectivity index (χ2n) is 4.67. The Kier molecular flexibility index (Phi) is 3.34. The molecule has 0 radical (unpaired) electrons. The summed E-state index contributed by atoms with van der Waals surface area (Å²) in [5.41, 5.74) is 0.361. The van der Waals surface area contributed by atoms with Gasteiger partial charge in [-0.3, -0.25) is 0 Å². The SMILES string of the molecule is C[C@@H]1CC(c2cc(Cl)cnc2F)CCC1(F)F. The van der Waals surface area contributed by atoms with Gasteiger partial charge < -0.3 is 0 Å². The molecular weight excluding hydrogens is 251 g/mol. The van der Waals surface area contributed by atoms with E-state index in [9.17, 15) is 13.2 Å². The lowest BCUT2D eigenvalue weighted by Gasteiger charge is -2.34. The van der Waals surface area contributed by atoms with E-state index in [-0.39, 0.29) is 25.2 Å². The Morgan fingerprint density at radius 3 is 2.82 bits per heavy atom. The standard InChI is InChI=1S/C12H13ClF3N/c1-7-4-8(2-3-12(7,15)16)10-5-9(13)6-17-11(10)14/h5-8H,2-4H2,1H3/t7-,8?/m1/s1. The molecule has 2 atom stereocenters. The molecule has 17 heavy (non-hydrogen) atoms. The molecule has 1 aliphatic carbocycles. The van der Waals surface area contributed by atoms with Crippen LogP contribution in [0.25, 0.3) is 0 Å². The minimum atomic E-state index is -2.64. The van der Waals surface area contributed by atoms with Crippen molar-refractivity contribution in [2.45, 2.75) is 38.0 Å². The van der Waals surface area contributed by atoms with Gasteiger partial charge in [-0.1, -0.05) is 18.5 Å². The molecule has 1 heterocycles. The van der Waals surface area contributed by atoms with Crippen LogP contribution in [0, 0.1) is 11.9 Å². The van der Waals surface area contributed by atoms with Crippen molar-refractivity contribution >= 4 is 11.6 Å². The largest absolute Gasteiger partial charge is 0.250 e. The first kappa shape index (κ1) is 12.7. The summed E-state index contributed by atoms with van der Waals surface area (Å²) in [7, 11) is 0. The number of pyridine rings is 1. The maximum Gasteiger partial charge on any atom is 0.250 e. The molecule has 1 fully saturated rings. The Labute approximate surface area is 103 Å². The predicted molar refractivity (Wildman–Crippen MR) is 59.9 cm³/mol.